The van der Waals surface area contributed by atoms with Gasteiger partial charge < -0.3 is 9.84 Å². The first-order valence-corrected chi connectivity index (χ1v) is 7.66. The maximum absolute atomic E-state index is 11.8. The lowest BCUT2D eigenvalue weighted by Crippen LogP contribution is -2.50. The number of benzene rings is 1. The summed E-state index contributed by atoms with van der Waals surface area (Å²) in [6, 6.07) is 12.8. The lowest BCUT2D eigenvalue weighted by Gasteiger charge is -2.43. The van der Waals surface area contributed by atoms with Crippen LogP contribution >= 0.6 is 0 Å². The number of pyridine rings is 1. The van der Waals surface area contributed by atoms with Gasteiger partial charge in [-0.2, -0.15) is 0 Å². The summed E-state index contributed by atoms with van der Waals surface area (Å²) >= 11 is 0. The van der Waals surface area contributed by atoms with Crippen LogP contribution in [0.25, 0.3) is 0 Å². The van der Waals surface area contributed by atoms with Gasteiger partial charge in [0.1, 0.15) is 11.6 Å². The molecule has 0 bridgehead atoms. The van der Waals surface area contributed by atoms with E-state index in [4.69, 9.17) is 4.74 Å². The molecule has 0 saturated carbocycles. The molecule has 1 fully saturated rings. The summed E-state index contributed by atoms with van der Waals surface area (Å²) in [6.07, 6.45) is 3.27. The van der Waals surface area contributed by atoms with Crippen molar-refractivity contribution < 1.29 is 14.6 Å². The Morgan fingerprint density at radius 1 is 1.30 bits per heavy atom. The van der Waals surface area contributed by atoms with Crippen molar-refractivity contribution in [3.8, 4) is 0 Å². The maximum atomic E-state index is 11.8. The molecule has 120 valence electrons. The third-order valence-corrected chi connectivity index (χ3v) is 4.29. The summed E-state index contributed by atoms with van der Waals surface area (Å²) in [7, 11) is 0. The second-order valence-electron chi connectivity index (χ2n) is 5.94. The highest BCUT2D eigenvalue weighted by molar-refractivity contribution is 5.75. The molecule has 0 radical (unpaired) electrons. The molecular formula is C18H20N2O3. The Hall–Kier alpha value is -2.24. The molecule has 0 amide bonds. The Bertz CT molecular complexity index is 662. The van der Waals surface area contributed by atoms with Gasteiger partial charge in [-0.15, -0.1) is 0 Å². The fourth-order valence-electron chi connectivity index (χ4n) is 3.13. The van der Waals surface area contributed by atoms with Gasteiger partial charge in [0, 0.05) is 25.5 Å². The van der Waals surface area contributed by atoms with Crippen LogP contribution in [0, 0.1) is 0 Å². The van der Waals surface area contributed by atoms with E-state index in [1.807, 2.05) is 42.2 Å². The van der Waals surface area contributed by atoms with E-state index in [9.17, 15) is 9.90 Å². The van der Waals surface area contributed by atoms with E-state index in [0.717, 1.165) is 5.56 Å². The molecule has 5 nitrogen and oxygen atoms in total. The van der Waals surface area contributed by atoms with Crippen LogP contribution in [-0.2, 0) is 15.1 Å². The highest BCUT2D eigenvalue weighted by Crippen LogP contribution is 2.33. The van der Waals surface area contributed by atoms with Crippen LogP contribution < -0.4 is 0 Å². The van der Waals surface area contributed by atoms with Crippen LogP contribution in [0.3, 0.4) is 0 Å². The molecule has 1 saturated heterocycles. The summed E-state index contributed by atoms with van der Waals surface area (Å²) in [5.41, 5.74) is 1.23. The summed E-state index contributed by atoms with van der Waals surface area (Å²) in [4.78, 5) is 17.8. The van der Waals surface area contributed by atoms with Gasteiger partial charge in [-0.05, 0) is 24.1 Å². The minimum atomic E-state index is -0.865. The van der Waals surface area contributed by atoms with Gasteiger partial charge >= 0.3 is 5.97 Å². The maximum Gasteiger partial charge on any atom is 0.325 e. The minimum Gasteiger partial charge on any atom is -0.480 e. The summed E-state index contributed by atoms with van der Waals surface area (Å²) < 4.78 is 6.00. The van der Waals surface area contributed by atoms with Crippen molar-refractivity contribution >= 4 is 5.97 Å². The van der Waals surface area contributed by atoms with E-state index in [1.54, 1.807) is 24.5 Å². The van der Waals surface area contributed by atoms with Crippen LogP contribution in [0.15, 0.2) is 54.9 Å². The number of aliphatic carboxylic acids is 1. The van der Waals surface area contributed by atoms with E-state index >= 15 is 0 Å². The Balaban J connectivity index is 1.89. The number of rotatable bonds is 4. The standard InChI is InChI=1S/C18H20N2O3/c1-18(15-7-3-2-4-8-15)13-20(10-11-23-18)16(17(21)22)14-6-5-9-19-12-14/h2-9,12,16H,10-11,13H2,1H3,(H,21,22). The average Bonchev–Trinajstić information content (AvgIpc) is 2.57. The summed E-state index contributed by atoms with van der Waals surface area (Å²) in [5.74, 6) is -0.865. The van der Waals surface area contributed by atoms with Crippen molar-refractivity contribution in [3.05, 3.63) is 66.0 Å². The predicted octanol–water partition coefficient (Wildman–Crippen LogP) is 2.45. The zero-order valence-corrected chi connectivity index (χ0v) is 13.1. The molecule has 1 N–H and O–H groups in total. The number of morpholine rings is 1. The van der Waals surface area contributed by atoms with Gasteiger partial charge in [0.15, 0.2) is 0 Å². The molecule has 1 aliphatic heterocycles. The normalized spacial score (nSPS) is 23.3. The number of carbonyl (C=O) groups is 1. The van der Waals surface area contributed by atoms with Crippen LogP contribution in [0.1, 0.15) is 24.1 Å². The van der Waals surface area contributed by atoms with Crippen LogP contribution in [0.5, 0.6) is 0 Å². The quantitative estimate of drug-likeness (QED) is 0.939. The first kappa shape index (κ1) is 15.6. The van der Waals surface area contributed by atoms with Gasteiger partial charge in [-0.3, -0.25) is 14.7 Å². The molecule has 1 aromatic heterocycles. The number of carboxylic acids is 1. The molecular weight excluding hydrogens is 292 g/mol. The number of hydrogen-bond donors (Lipinski definition) is 1. The van der Waals surface area contributed by atoms with Crippen molar-refractivity contribution in [2.75, 3.05) is 19.7 Å². The fourth-order valence-corrected chi connectivity index (χ4v) is 3.13. The second kappa shape index (κ2) is 6.48. The highest BCUT2D eigenvalue weighted by Gasteiger charge is 2.39. The smallest absolute Gasteiger partial charge is 0.325 e. The van der Waals surface area contributed by atoms with Gasteiger partial charge in [0.25, 0.3) is 0 Å². The van der Waals surface area contributed by atoms with Gasteiger partial charge in [-0.25, -0.2) is 0 Å². The Kier molecular flexibility index (Phi) is 4.41. The van der Waals surface area contributed by atoms with Crippen LogP contribution in [0.4, 0.5) is 0 Å². The van der Waals surface area contributed by atoms with Crippen molar-refractivity contribution in [1.82, 2.24) is 9.88 Å². The molecule has 5 heteroatoms. The first-order valence-electron chi connectivity index (χ1n) is 7.66. The highest BCUT2D eigenvalue weighted by atomic mass is 16.5. The first-order chi connectivity index (χ1) is 11.1. The number of carboxylic acid groups (broad SMARTS) is 1. The largest absolute Gasteiger partial charge is 0.480 e. The fraction of sp³-hybridized carbons (Fsp3) is 0.333. The zero-order valence-electron chi connectivity index (χ0n) is 13.1. The summed E-state index contributed by atoms with van der Waals surface area (Å²) in [5, 5.41) is 9.71. The Labute approximate surface area is 135 Å². The van der Waals surface area contributed by atoms with Gasteiger partial charge in [0.05, 0.1) is 6.61 Å². The Morgan fingerprint density at radius 3 is 2.74 bits per heavy atom. The molecule has 3 rings (SSSR count). The van der Waals surface area contributed by atoms with E-state index < -0.39 is 17.6 Å². The van der Waals surface area contributed by atoms with Crippen molar-refractivity contribution in [3.63, 3.8) is 0 Å². The van der Waals surface area contributed by atoms with Crippen LogP contribution in [-0.4, -0.2) is 40.7 Å². The second-order valence-corrected chi connectivity index (χ2v) is 5.94. The lowest BCUT2D eigenvalue weighted by molar-refractivity contribution is -0.153. The van der Waals surface area contributed by atoms with E-state index in [1.165, 1.54) is 0 Å². The van der Waals surface area contributed by atoms with E-state index in [0.29, 0.717) is 25.3 Å². The number of ether oxygens (including phenoxy) is 1. The summed E-state index contributed by atoms with van der Waals surface area (Å²) in [6.45, 7) is 3.60. The number of hydrogen-bond acceptors (Lipinski definition) is 4. The molecule has 1 aromatic carbocycles. The molecule has 0 aliphatic carbocycles. The minimum absolute atomic E-state index is 0.495. The van der Waals surface area contributed by atoms with Gasteiger partial charge in [-0.1, -0.05) is 36.4 Å². The van der Waals surface area contributed by atoms with E-state index in [-0.39, 0.29) is 0 Å². The van der Waals surface area contributed by atoms with Crippen molar-refractivity contribution in [1.29, 1.82) is 0 Å². The Morgan fingerprint density at radius 2 is 2.09 bits per heavy atom. The molecule has 0 spiro atoms. The predicted molar refractivity (Wildman–Crippen MR) is 85.9 cm³/mol. The number of nitrogens with zero attached hydrogens (tertiary/aromatic N) is 2. The van der Waals surface area contributed by atoms with Crippen molar-refractivity contribution in [2.24, 2.45) is 0 Å². The molecule has 2 unspecified atom stereocenters. The SMILES string of the molecule is CC1(c2ccccc2)CN(C(C(=O)O)c2cccnc2)CCO1. The molecule has 2 heterocycles. The lowest BCUT2D eigenvalue weighted by atomic mass is 9.92. The van der Waals surface area contributed by atoms with E-state index in [2.05, 4.69) is 4.98 Å². The third-order valence-electron chi connectivity index (χ3n) is 4.29. The number of aromatic nitrogens is 1. The zero-order chi connectivity index (χ0) is 16.3. The van der Waals surface area contributed by atoms with Crippen molar-refractivity contribution in [2.45, 2.75) is 18.6 Å². The topological polar surface area (TPSA) is 62.7 Å². The molecule has 23 heavy (non-hydrogen) atoms. The molecule has 2 aromatic rings. The van der Waals surface area contributed by atoms with Crippen LogP contribution in [0.2, 0.25) is 0 Å². The average molecular weight is 312 g/mol. The third kappa shape index (κ3) is 3.25. The molecule has 1 aliphatic rings. The van der Waals surface area contributed by atoms with Gasteiger partial charge in [0.2, 0.25) is 0 Å². The molecule has 2 atom stereocenters. The monoisotopic (exact) mass is 312 g/mol.